The summed E-state index contributed by atoms with van der Waals surface area (Å²) in [4.78, 5) is 11.6. The first-order valence-corrected chi connectivity index (χ1v) is 9.64. The Morgan fingerprint density at radius 1 is 0.846 bits per heavy atom. The lowest BCUT2D eigenvalue weighted by Gasteiger charge is -2.10. The van der Waals surface area contributed by atoms with Gasteiger partial charge in [-0.1, -0.05) is 54.1 Å². The van der Waals surface area contributed by atoms with E-state index in [0.29, 0.717) is 11.3 Å². The van der Waals surface area contributed by atoms with Crippen molar-refractivity contribution in [3.8, 4) is 11.1 Å². The Kier molecular flexibility index (Phi) is 4.91. The Labute approximate surface area is 153 Å². The van der Waals surface area contributed by atoms with Crippen molar-refractivity contribution in [2.75, 3.05) is 4.72 Å². The number of carbonyl (C=O) groups is 1. The van der Waals surface area contributed by atoms with Crippen LogP contribution in [0.3, 0.4) is 0 Å². The van der Waals surface area contributed by atoms with E-state index in [-0.39, 0.29) is 10.7 Å². The molecule has 0 fully saturated rings. The number of hydrogen-bond donors (Lipinski definition) is 1. The molecule has 0 aliphatic carbocycles. The van der Waals surface area contributed by atoms with E-state index < -0.39 is 10.0 Å². The third-order valence-electron chi connectivity index (χ3n) is 4.07. The van der Waals surface area contributed by atoms with Crippen molar-refractivity contribution in [2.45, 2.75) is 18.7 Å². The van der Waals surface area contributed by atoms with Gasteiger partial charge in [-0.2, -0.15) is 0 Å². The fourth-order valence-electron chi connectivity index (χ4n) is 2.59. The maximum atomic E-state index is 12.6. The number of aryl methyl sites for hydroxylation is 1. The first kappa shape index (κ1) is 17.9. The zero-order valence-corrected chi connectivity index (χ0v) is 15.4. The van der Waals surface area contributed by atoms with E-state index in [9.17, 15) is 13.2 Å². The van der Waals surface area contributed by atoms with Crippen molar-refractivity contribution in [1.82, 2.24) is 0 Å². The number of nitrogens with one attached hydrogen (secondary N) is 1. The molecular weight excluding hydrogens is 346 g/mol. The van der Waals surface area contributed by atoms with E-state index in [4.69, 9.17) is 0 Å². The van der Waals surface area contributed by atoms with E-state index in [2.05, 4.69) is 4.72 Å². The van der Waals surface area contributed by atoms with Gasteiger partial charge in [0.1, 0.15) is 0 Å². The maximum absolute atomic E-state index is 12.6. The number of hydrogen-bond acceptors (Lipinski definition) is 3. The molecule has 0 radical (unpaired) electrons. The largest absolute Gasteiger partial charge is 0.295 e. The average molecular weight is 365 g/mol. The van der Waals surface area contributed by atoms with Gasteiger partial charge in [-0.05, 0) is 49.2 Å². The number of carbonyl (C=O) groups excluding carboxylic acids is 1. The van der Waals surface area contributed by atoms with Crippen LogP contribution in [0, 0.1) is 6.92 Å². The third-order valence-corrected chi connectivity index (χ3v) is 5.47. The second kappa shape index (κ2) is 7.14. The minimum absolute atomic E-state index is 0.117. The van der Waals surface area contributed by atoms with Crippen LogP contribution in [0.15, 0.2) is 77.7 Å². The Bertz CT molecular complexity index is 1040. The highest BCUT2D eigenvalue weighted by Gasteiger charge is 2.15. The van der Waals surface area contributed by atoms with E-state index in [1.807, 2.05) is 31.2 Å². The van der Waals surface area contributed by atoms with Gasteiger partial charge in [0.2, 0.25) is 0 Å². The molecule has 0 saturated heterocycles. The van der Waals surface area contributed by atoms with Crippen LogP contribution in [-0.4, -0.2) is 14.2 Å². The molecule has 3 rings (SSSR count). The fraction of sp³-hybridized carbons (Fsp3) is 0.0952. The lowest BCUT2D eigenvalue weighted by atomic mass is 10.0. The van der Waals surface area contributed by atoms with Crippen LogP contribution in [0.2, 0.25) is 0 Å². The van der Waals surface area contributed by atoms with Gasteiger partial charge < -0.3 is 0 Å². The van der Waals surface area contributed by atoms with Crippen LogP contribution in [0.5, 0.6) is 0 Å². The smallest absolute Gasteiger partial charge is 0.261 e. The van der Waals surface area contributed by atoms with E-state index >= 15 is 0 Å². The molecule has 0 unspecified atom stereocenters. The van der Waals surface area contributed by atoms with Gasteiger partial charge in [-0.25, -0.2) is 8.42 Å². The summed E-state index contributed by atoms with van der Waals surface area (Å²) in [6, 6.07) is 21.2. The molecule has 3 aromatic carbocycles. The van der Waals surface area contributed by atoms with Crippen molar-refractivity contribution in [1.29, 1.82) is 0 Å². The first-order chi connectivity index (χ1) is 12.3. The number of rotatable bonds is 5. The number of ketones is 1. The van der Waals surface area contributed by atoms with Crippen LogP contribution < -0.4 is 4.72 Å². The zero-order chi connectivity index (χ0) is 18.7. The number of sulfonamides is 1. The summed E-state index contributed by atoms with van der Waals surface area (Å²) >= 11 is 0. The summed E-state index contributed by atoms with van der Waals surface area (Å²) in [5.74, 6) is -0.117. The average Bonchev–Trinajstić information content (AvgIpc) is 2.62. The van der Waals surface area contributed by atoms with Gasteiger partial charge in [-0.3, -0.25) is 9.52 Å². The van der Waals surface area contributed by atoms with Crippen molar-refractivity contribution < 1.29 is 13.2 Å². The Morgan fingerprint density at radius 2 is 1.42 bits per heavy atom. The maximum Gasteiger partial charge on any atom is 0.261 e. The van der Waals surface area contributed by atoms with Crippen molar-refractivity contribution in [2.24, 2.45) is 0 Å². The normalized spacial score (nSPS) is 11.2. The molecule has 1 N–H and O–H groups in total. The summed E-state index contributed by atoms with van der Waals surface area (Å²) in [5, 5.41) is 0. The predicted molar refractivity (Wildman–Crippen MR) is 104 cm³/mol. The van der Waals surface area contributed by atoms with Crippen molar-refractivity contribution in [3.05, 3.63) is 83.9 Å². The van der Waals surface area contributed by atoms with Gasteiger partial charge >= 0.3 is 0 Å². The van der Waals surface area contributed by atoms with Gasteiger partial charge in [0.05, 0.1) is 4.90 Å². The molecule has 0 aliphatic rings. The highest BCUT2D eigenvalue weighted by atomic mass is 32.2. The molecular formula is C21H19NO3S. The summed E-state index contributed by atoms with van der Waals surface area (Å²) in [5.41, 5.74) is 3.97. The lowest BCUT2D eigenvalue weighted by molar-refractivity contribution is 0.101. The Morgan fingerprint density at radius 3 is 2.00 bits per heavy atom. The van der Waals surface area contributed by atoms with Gasteiger partial charge in [0, 0.05) is 11.3 Å². The van der Waals surface area contributed by atoms with Crippen LogP contribution in [0.4, 0.5) is 5.69 Å². The van der Waals surface area contributed by atoms with Crippen LogP contribution in [-0.2, 0) is 10.0 Å². The van der Waals surface area contributed by atoms with Gasteiger partial charge in [-0.15, -0.1) is 0 Å². The molecule has 0 spiro atoms. The summed E-state index contributed by atoms with van der Waals surface area (Å²) in [6.07, 6.45) is 0. The highest BCUT2D eigenvalue weighted by molar-refractivity contribution is 7.92. The Balaban J connectivity index is 1.84. The molecule has 0 atom stereocenters. The van der Waals surface area contributed by atoms with Crippen LogP contribution in [0.1, 0.15) is 22.8 Å². The molecule has 0 aliphatic heterocycles. The molecule has 3 aromatic rings. The van der Waals surface area contributed by atoms with E-state index in [1.54, 1.807) is 42.5 Å². The topological polar surface area (TPSA) is 63.2 Å². The first-order valence-electron chi connectivity index (χ1n) is 8.16. The van der Waals surface area contributed by atoms with Gasteiger partial charge in [0.15, 0.2) is 5.78 Å². The lowest BCUT2D eigenvalue weighted by Crippen LogP contribution is -2.13. The predicted octanol–water partition coefficient (Wildman–Crippen LogP) is 4.67. The third kappa shape index (κ3) is 4.00. The molecule has 4 nitrogen and oxygen atoms in total. The summed E-state index contributed by atoms with van der Waals surface area (Å²) < 4.78 is 27.7. The number of Topliss-reactive ketones (excluding diaryl/α,β-unsaturated/α-hetero) is 1. The number of anilines is 1. The second-order valence-electron chi connectivity index (χ2n) is 6.13. The monoisotopic (exact) mass is 365 g/mol. The van der Waals surface area contributed by atoms with Crippen LogP contribution in [0.25, 0.3) is 11.1 Å². The molecule has 5 heteroatoms. The molecule has 0 bridgehead atoms. The summed E-state index contributed by atoms with van der Waals surface area (Å²) in [6.45, 7) is 3.46. The quantitative estimate of drug-likeness (QED) is 0.669. The zero-order valence-electron chi connectivity index (χ0n) is 14.6. The minimum Gasteiger partial charge on any atom is -0.295 e. The van der Waals surface area contributed by atoms with Crippen LogP contribution >= 0.6 is 0 Å². The molecule has 0 aromatic heterocycles. The van der Waals surface area contributed by atoms with E-state index in [1.165, 1.54) is 18.6 Å². The molecule has 0 amide bonds. The molecule has 26 heavy (non-hydrogen) atoms. The second-order valence-corrected chi connectivity index (χ2v) is 7.82. The standard InChI is InChI=1S/C21H19NO3S/c1-15-6-8-17(9-7-15)18-10-12-21(13-11-18)26(24,25)22-20-5-3-4-19(14-20)16(2)23/h3-14,22H,1-2H3. The SMILES string of the molecule is CC(=O)c1cccc(NS(=O)(=O)c2ccc(-c3ccc(C)cc3)cc2)c1. The Hall–Kier alpha value is -2.92. The van der Waals surface area contributed by atoms with E-state index in [0.717, 1.165) is 11.1 Å². The number of benzene rings is 3. The molecule has 0 saturated carbocycles. The molecule has 132 valence electrons. The molecule has 0 heterocycles. The van der Waals surface area contributed by atoms with Crippen molar-refractivity contribution >= 4 is 21.5 Å². The summed E-state index contributed by atoms with van der Waals surface area (Å²) in [7, 11) is -3.72. The van der Waals surface area contributed by atoms with Gasteiger partial charge in [0.25, 0.3) is 10.0 Å². The minimum atomic E-state index is -3.72. The fourth-order valence-corrected chi connectivity index (χ4v) is 3.64. The highest BCUT2D eigenvalue weighted by Crippen LogP contribution is 2.23. The van der Waals surface area contributed by atoms with Crippen molar-refractivity contribution in [3.63, 3.8) is 0 Å².